The van der Waals surface area contributed by atoms with Crippen molar-refractivity contribution in [3.63, 3.8) is 0 Å². The molecule has 0 atom stereocenters. The van der Waals surface area contributed by atoms with E-state index in [2.05, 4.69) is 5.32 Å². The van der Waals surface area contributed by atoms with E-state index in [4.69, 9.17) is 34.8 Å². The Balaban J connectivity index is 1.66. The highest BCUT2D eigenvalue weighted by Crippen LogP contribution is 2.20. The molecule has 0 radical (unpaired) electrons. The van der Waals surface area contributed by atoms with Crippen LogP contribution in [0.4, 0.5) is 0 Å². The molecule has 0 aliphatic carbocycles. The molecule has 4 aromatic rings. The van der Waals surface area contributed by atoms with Gasteiger partial charge in [-0.1, -0.05) is 65.1 Å². The molecule has 1 aromatic heterocycles. The van der Waals surface area contributed by atoms with Crippen molar-refractivity contribution >= 4 is 51.6 Å². The minimum atomic E-state index is -0.585. The third kappa shape index (κ3) is 5.14. The molecule has 0 saturated heterocycles. The molecule has 0 aliphatic heterocycles. The van der Waals surface area contributed by atoms with Gasteiger partial charge < -0.3 is 5.32 Å². The van der Waals surface area contributed by atoms with Crippen LogP contribution in [0.3, 0.4) is 0 Å². The first-order valence-electron chi connectivity index (χ1n) is 10.0. The van der Waals surface area contributed by atoms with Gasteiger partial charge in [0.2, 0.25) is 5.91 Å². The highest BCUT2D eigenvalue weighted by Gasteiger charge is 2.16. The van der Waals surface area contributed by atoms with Crippen LogP contribution < -0.4 is 16.6 Å². The van der Waals surface area contributed by atoms with E-state index in [1.54, 1.807) is 60.7 Å². The lowest BCUT2D eigenvalue weighted by Crippen LogP contribution is -2.43. The number of nitrogens with zero attached hydrogens (tertiary/aromatic N) is 2. The summed E-state index contributed by atoms with van der Waals surface area (Å²) in [4.78, 5) is 38.9. The maximum atomic E-state index is 13.3. The highest BCUT2D eigenvalue weighted by atomic mass is 35.5. The fourth-order valence-electron chi connectivity index (χ4n) is 3.54. The maximum absolute atomic E-state index is 13.3. The zero-order valence-corrected chi connectivity index (χ0v) is 19.5. The molecule has 1 amide bonds. The van der Waals surface area contributed by atoms with Crippen LogP contribution >= 0.6 is 34.8 Å². The van der Waals surface area contributed by atoms with Crippen LogP contribution in [0, 0.1) is 0 Å². The summed E-state index contributed by atoms with van der Waals surface area (Å²) in [5.41, 5.74) is 0.827. The number of amides is 1. The number of carbonyl (C=O) groups is 1. The Bertz CT molecular complexity index is 1480. The van der Waals surface area contributed by atoms with E-state index >= 15 is 0 Å². The van der Waals surface area contributed by atoms with Gasteiger partial charge in [-0.2, -0.15) is 0 Å². The number of aromatic nitrogens is 2. The van der Waals surface area contributed by atoms with Crippen LogP contribution in [0.5, 0.6) is 0 Å². The van der Waals surface area contributed by atoms with Gasteiger partial charge in [-0.05, 0) is 47.5 Å². The van der Waals surface area contributed by atoms with E-state index in [0.29, 0.717) is 31.5 Å². The number of hydrogen-bond donors (Lipinski definition) is 1. The summed E-state index contributed by atoms with van der Waals surface area (Å²) < 4.78 is 2.40. The molecule has 33 heavy (non-hydrogen) atoms. The largest absolute Gasteiger partial charge is 0.350 e. The molecule has 1 heterocycles. The normalized spacial score (nSPS) is 11.0. The first kappa shape index (κ1) is 23.1. The average molecular weight is 503 g/mol. The Hall–Kier alpha value is -3.06. The second-order valence-electron chi connectivity index (χ2n) is 7.42. The lowest BCUT2D eigenvalue weighted by Gasteiger charge is -2.14. The molecule has 9 heteroatoms. The van der Waals surface area contributed by atoms with Crippen molar-refractivity contribution in [3.8, 4) is 0 Å². The van der Waals surface area contributed by atoms with Crippen LogP contribution in [0.1, 0.15) is 11.1 Å². The van der Waals surface area contributed by atoms with Gasteiger partial charge in [0, 0.05) is 21.6 Å². The van der Waals surface area contributed by atoms with Crippen molar-refractivity contribution in [2.45, 2.75) is 19.6 Å². The third-order valence-corrected chi connectivity index (χ3v) is 5.98. The number of fused-ring (bicyclic) bond motifs is 1. The second kappa shape index (κ2) is 9.83. The predicted molar refractivity (Wildman–Crippen MR) is 131 cm³/mol. The zero-order chi connectivity index (χ0) is 23.5. The van der Waals surface area contributed by atoms with E-state index in [1.807, 2.05) is 6.07 Å². The molecule has 168 valence electrons. The SMILES string of the molecule is O=C(Cn1c(=O)c2ccccc2n(Cc2cccc(Cl)c2)c1=O)NCc1ccc(Cl)cc1Cl. The van der Waals surface area contributed by atoms with Gasteiger partial charge in [0.15, 0.2) is 0 Å². The zero-order valence-electron chi connectivity index (χ0n) is 17.2. The summed E-state index contributed by atoms with van der Waals surface area (Å²) in [6.07, 6.45) is 0. The quantitative estimate of drug-likeness (QED) is 0.422. The first-order valence-corrected chi connectivity index (χ1v) is 11.1. The van der Waals surface area contributed by atoms with Gasteiger partial charge in [-0.15, -0.1) is 0 Å². The molecule has 6 nitrogen and oxygen atoms in total. The van der Waals surface area contributed by atoms with Crippen LogP contribution in [0.15, 0.2) is 76.3 Å². The Kier molecular flexibility index (Phi) is 6.88. The van der Waals surface area contributed by atoms with Crippen LogP contribution in [-0.4, -0.2) is 15.0 Å². The van der Waals surface area contributed by atoms with Crippen molar-refractivity contribution < 1.29 is 4.79 Å². The van der Waals surface area contributed by atoms with Crippen molar-refractivity contribution in [2.24, 2.45) is 0 Å². The Morgan fingerprint density at radius 1 is 0.848 bits per heavy atom. The number of nitrogens with one attached hydrogen (secondary N) is 1. The minimum Gasteiger partial charge on any atom is -0.350 e. The Morgan fingerprint density at radius 3 is 2.36 bits per heavy atom. The molecule has 0 fully saturated rings. The molecule has 0 unspecified atom stereocenters. The van der Waals surface area contributed by atoms with Crippen molar-refractivity contribution in [1.82, 2.24) is 14.5 Å². The molecule has 3 aromatic carbocycles. The van der Waals surface area contributed by atoms with Crippen molar-refractivity contribution in [2.75, 3.05) is 0 Å². The predicted octanol–water partition coefficient (Wildman–Crippen LogP) is 4.49. The summed E-state index contributed by atoms with van der Waals surface area (Å²) in [6, 6.07) is 18.9. The van der Waals surface area contributed by atoms with E-state index in [1.165, 1.54) is 4.57 Å². The number of benzene rings is 3. The number of rotatable bonds is 6. The summed E-state index contributed by atoms with van der Waals surface area (Å²) in [7, 11) is 0. The van der Waals surface area contributed by atoms with Crippen LogP contribution in [-0.2, 0) is 24.4 Å². The summed E-state index contributed by atoms with van der Waals surface area (Å²) in [5, 5.41) is 4.47. The monoisotopic (exact) mass is 501 g/mol. The highest BCUT2D eigenvalue weighted by molar-refractivity contribution is 6.35. The summed E-state index contributed by atoms with van der Waals surface area (Å²) in [6.45, 7) is -0.0979. The Morgan fingerprint density at radius 2 is 1.61 bits per heavy atom. The number of hydrogen-bond acceptors (Lipinski definition) is 3. The lowest BCUT2D eigenvalue weighted by molar-refractivity contribution is -0.121. The van der Waals surface area contributed by atoms with Gasteiger partial charge >= 0.3 is 5.69 Å². The molecule has 0 bridgehead atoms. The van der Waals surface area contributed by atoms with E-state index < -0.39 is 23.7 Å². The van der Waals surface area contributed by atoms with Crippen molar-refractivity contribution in [3.05, 3.63) is 114 Å². The second-order valence-corrected chi connectivity index (χ2v) is 8.70. The van der Waals surface area contributed by atoms with Crippen molar-refractivity contribution in [1.29, 1.82) is 0 Å². The van der Waals surface area contributed by atoms with Gasteiger partial charge in [-0.3, -0.25) is 18.7 Å². The van der Waals surface area contributed by atoms with E-state index in [0.717, 1.165) is 10.1 Å². The van der Waals surface area contributed by atoms with Gasteiger partial charge in [-0.25, -0.2) is 4.79 Å². The Labute approximate surface area is 203 Å². The standard InChI is InChI=1S/C24H18Cl3N3O3/c25-17-5-3-4-15(10-17)13-29-21-7-2-1-6-19(21)23(32)30(24(29)33)14-22(31)28-12-16-8-9-18(26)11-20(16)27/h1-11H,12-14H2,(H,28,31). The molecule has 0 aliphatic rings. The molecular formula is C24H18Cl3N3O3. The number of halogens is 3. The molecule has 4 rings (SSSR count). The van der Waals surface area contributed by atoms with Gasteiger partial charge in [0.1, 0.15) is 6.54 Å². The molecular weight excluding hydrogens is 485 g/mol. The topological polar surface area (TPSA) is 73.1 Å². The van der Waals surface area contributed by atoms with Gasteiger partial charge in [0.05, 0.1) is 17.4 Å². The summed E-state index contributed by atoms with van der Waals surface area (Å²) in [5.74, 6) is -0.496. The van der Waals surface area contributed by atoms with Crippen LogP contribution in [0.25, 0.3) is 10.9 Å². The number of carbonyl (C=O) groups excluding carboxylic acids is 1. The first-order chi connectivity index (χ1) is 15.8. The van der Waals surface area contributed by atoms with Crippen LogP contribution in [0.2, 0.25) is 15.1 Å². The maximum Gasteiger partial charge on any atom is 0.332 e. The molecule has 1 N–H and O–H groups in total. The van der Waals surface area contributed by atoms with E-state index in [-0.39, 0.29) is 13.1 Å². The van der Waals surface area contributed by atoms with E-state index in [9.17, 15) is 14.4 Å². The fraction of sp³-hybridized carbons (Fsp3) is 0.125. The summed E-state index contributed by atoms with van der Waals surface area (Å²) >= 11 is 18.1. The molecule has 0 saturated carbocycles. The molecule has 0 spiro atoms. The smallest absolute Gasteiger partial charge is 0.332 e. The number of para-hydroxylation sites is 1. The third-order valence-electron chi connectivity index (χ3n) is 5.15. The van der Waals surface area contributed by atoms with Gasteiger partial charge in [0.25, 0.3) is 5.56 Å². The fourth-order valence-corrected chi connectivity index (χ4v) is 4.23. The minimum absolute atomic E-state index is 0.133. The average Bonchev–Trinajstić information content (AvgIpc) is 2.79. The lowest BCUT2D eigenvalue weighted by atomic mass is 10.2.